The van der Waals surface area contributed by atoms with Crippen LogP contribution >= 0.6 is 11.3 Å². The molecule has 6 heteroatoms. The van der Waals surface area contributed by atoms with Crippen LogP contribution in [0.5, 0.6) is 0 Å². The molecule has 0 aromatic carbocycles. The highest BCUT2D eigenvalue weighted by Gasteiger charge is 2.16. The fourth-order valence-corrected chi connectivity index (χ4v) is 2.15. The monoisotopic (exact) mass is 276 g/mol. The van der Waals surface area contributed by atoms with Crippen LogP contribution in [0.3, 0.4) is 0 Å². The molecule has 0 saturated heterocycles. The largest absolute Gasteiger partial charge is 0.384 e. The Balaban J connectivity index is 2.21. The summed E-state index contributed by atoms with van der Waals surface area (Å²) in [5.41, 5.74) is 2.13. The predicted octanol–water partition coefficient (Wildman–Crippen LogP) is 1.95. The highest BCUT2D eigenvalue weighted by atomic mass is 32.1. The van der Waals surface area contributed by atoms with Crippen molar-refractivity contribution in [3.63, 3.8) is 0 Å². The van der Waals surface area contributed by atoms with E-state index in [0.717, 1.165) is 11.3 Å². The molecule has 98 valence electrons. The third-order valence-electron chi connectivity index (χ3n) is 2.56. The maximum absolute atomic E-state index is 12.1. The SMILES string of the molecule is Cc1noc(NC(=O)c2sccc2C#CCO)c1C. The van der Waals surface area contributed by atoms with Crippen molar-refractivity contribution in [3.8, 4) is 11.8 Å². The minimum absolute atomic E-state index is 0.239. The molecule has 0 aliphatic rings. The van der Waals surface area contributed by atoms with E-state index in [1.54, 1.807) is 18.4 Å². The molecule has 2 rings (SSSR count). The molecule has 0 aliphatic heterocycles. The summed E-state index contributed by atoms with van der Waals surface area (Å²) >= 11 is 1.28. The molecule has 2 N–H and O–H groups in total. The number of hydrogen-bond acceptors (Lipinski definition) is 5. The van der Waals surface area contributed by atoms with E-state index in [4.69, 9.17) is 9.63 Å². The number of aliphatic hydroxyl groups excluding tert-OH is 1. The molecule has 19 heavy (non-hydrogen) atoms. The molecule has 0 spiro atoms. The first-order valence-corrected chi connectivity index (χ1v) is 6.43. The molecule has 2 heterocycles. The molecule has 0 aliphatic carbocycles. The lowest BCUT2D eigenvalue weighted by atomic mass is 10.2. The Morgan fingerprint density at radius 3 is 3.00 bits per heavy atom. The number of carbonyl (C=O) groups excluding carboxylic acids is 1. The van der Waals surface area contributed by atoms with E-state index in [0.29, 0.717) is 16.3 Å². The number of hydrogen-bond donors (Lipinski definition) is 2. The Morgan fingerprint density at radius 2 is 2.37 bits per heavy atom. The van der Waals surface area contributed by atoms with Crippen molar-refractivity contribution in [1.29, 1.82) is 0 Å². The van der Waals surface area contributed by atoms with E-state index in [1.807, 2.05) is 6.92 Å². The second-order valence-electron chi connectivity index (χ2n) is 3.80. The van der Waals surface area contributed by atoms with Crippen LogP contribution in [-0.2, 0) is 0 Å². The Morgan fingerprint density at radius 1 is 1.58 bits per heavy atom. The molecule has 5 nitrogen and oxygen atoms in total. The van der Waals surface area contributed by atoms with Gasteiger partial charge in [0.25, 0.3) is 5.91 Å². The van der Waals surface area contributed by atoms with Gasteiger partial charge in [0, 0.05) is 11.1 Å². The number of anilines is 1. The number of nitrogens with zero attached hydrogens (tertiary/aromatic N) is 1. The van der Waals surface area contributed by atoms with Gasteiger partial charge in [0.15, 0.2) is 0 Å². The first kappa shape index (κ1) is 13.3. The van der Waals surface area contributed by atoms with E-state index in [2.05, 4.69) is 22.3 Å². The summed E-state index contributed by atoms with van der Waals surface area (Å²) in [6.07, 6.45) is 0. The number of aliphatic hydroxyl groups is 1. The van der Waals surface area contributed by atoms with Gasteiger partial charge in [-0.2, -0.15) is 0 Å². The molecule has 0 fully saturated rings. The zero-order chi connectivity index (χ0) is 13.8. The highest BCUT2D eigenvalue weighted by molar-refractivity contribution is 7.12. The number of nitrogens with one attached hydrogen (secondary N) is 1. The van der Waals surface area contributed by atoms with E-state index in [1.165, 1.54) is 11.3 Å². The molecule has 0 atom stereocenters. The van der Waals surface area contributed by atoms with Gasteiger partial charge in [-0.1, -0.05) is 17.0 Å². The molecule has 2 aromatic heterocycles. The van der Waals surface area contributed by atoms with Crippen LogP contribution in [0.25, 0.3) is 0 Å². The summed E-state index contributed by atoms with van der Waals surface area (Å²) in [5.74, 6) is 5.30. The van der Waals surface area contributed by atoms with Crippen molar-refractivity contribution >= 4 is 23.1 Å². The summed E-state index contributed by atoms with van der Waals surface area (Å²) in [7, 11) is 0. The molecular formula is C13H12N2O3S. The van der Waals surface area contributed by atoms with Crippen LogP contribution in [0, 0.1) is 25.7 Å². The van der Waals surface area contributed by atoms with E-state index >= 15 is 0 Å². The third kappa shape index (κ3) is 2.84. The Labute approximate surface area is 114 Å². The maximum Gasteiger partial charge on any atom is 0.269 e. The van der Waals surface area contributed by atoms with Gasteiger partial charge in [0.2, 0.25) is 5.88 Å². The Hall–Kier alpha value is -2.10. The highest BCUT2D eigenvalue weighted by Crippen LogP contribution is 2.21. The van der Waals surface area contributed by atoms with Crippen molar-refractivity contribution in [1.82, 2.24) is 5.16 Å². The summed E-state index contributed by atoms with van der Waals surface area (Å²) in [6, 6.07) is 1.74. The predicted molar refractivity (Wildman–Crippen MR) is 72.2 cm³/mol. The second-order valence-corrected chi connectivity index (χ2v) is 4.72. The number of aromatic nitrogens is 1. The standard InChI is InChI=1S/C13H12N2O3S/c1-8-9(2)15-18-13(8)14-12(17)11-10(4-3-6-16)5-7-19-11/h5,7,16H,6H2,1-2H3,(H,14,17). The topological polar surface area (TPSA) is 75.4 Å². The van der Waals surface area contributed by atoms with Gasteiger partial charge in [-0.25, -0.2) is 0 Å². The Bertz CT molecular complexity index is 661. The van der Waals surface area contributed by atoms with Gasteiger partial charge in [-0.3, -0.25) is 10.1 Å². The molecule has 2 aromatic rings. The molecule has 1 amide bonds. The fourth-order valence-electron chi connectivity index (χ4n) is 1.41. The van der Waals surface area contributed by atoms with Crippen LogP contribution in [0.2, 0.25) is 0 Å². The van der Waals surface area contributed by atoms with Crippen LogP contribution in [0.15, 0.2) is 16.0 Å². The number of aryl methyl sites for hydroxylation is 1. The van der Waals surface area contributed by atoms with Crippen LogP contribution in [0.4, 0.5) is 5.88 Å². The molecule has 0 unspecified atom stereocenters. The fraction of sp³-hybridized carbons (Fsp3) is 0.231. The van der Waals surface area contributed by atoms with Crippen molar-refractivity contribution in [2.45, 2.75) is 13.8 Å². The minimum atomic E-state index is -0.295. The number of thiophene rings is 1. The second kappa shape index (κ2) is 5.69. The van der Waals surface area contributed by atoms with Crippen LogP contribution in [-0.4, -0.2) is 22.8 Å². The zero-order valence-corrected chi connectivity index (χ0v) is 11.3. The summed E-state index contributed by atoms with van der Waals surface area (Å²) in [5, 5.41) is 16.9. The van der Waals surface area contributed by atoms with Gasteiger partial charge >= 0.3 is 0 Å². The number of amides is 1. The number of rotatable bonds is 2. The lowest BCUT2D eigenvalue weighted by Crippen LogP contribution is -2.11. The third-order valence-corrected chi connectivity index (χ3v) is 3.47. The summed E-state index contributed by atoms with van der Waals surface area (Å²) in [4.78, 5) is 12.6. The normalized spacial score (nSPS) is 9.84. The minimum Gasteiger partial charge on any atom is -0.384 e. The van der Waals surface area contributed by atoms with Crippen LogP contribution < -0.4 is 5.32 Å². The van der Waals surface area contributed by atoms with Gasteiger partial charge in [-0.15, -0.1) is 11.3 Å². The number of carbonyl (C=O) groups is 1. The average Bonchev–Trinajstić information content (AvgIpc) is 2.98. The van der Waals surface area contributed by atoms with E-state index in [-0.39, 0.29) is 12.5 Å². The lowest BCUT2D eigenvalue weighted by Gasteiger charge is -2.00. The smallest absolute Gasteiger partial charge is 0.269 e. The maximum atomic E-state index is 12.1. The van der Waals surface area contributed by atoms with Gasteiger partial charge in [0.05, 0.1) is 5.69 Å². The average molecular weight is 276 g/mol. The van der Waals surface area contributed by atoms with Gasteiger partial charge in [-0.05, 0) is 25.3 Å². The quantitative estimate of drug-likeness (QED) is 0.822. The molecular weight excluding hydrogens is 264 g/mol. The van der Waals surface area contributed by atoms with E-state index in [9.17, 15) is 4.79 Å². The van der Waals surface area contributed by atoms with Crippen molar-refractivity contribution in [2.24, 2.45) is 0 Å². The first-order valence-electron chi connectivity index (χ1n) is 5.55. The summed E-state index contributed by atoms with van der Waals surface area (Å²) in [6.45, 7) is 3.39. The van der Waals surface area contributed by atoms with Gasteiger partial charge in [0.1, 0.15) is 11.5 Å². The van der Waals surface area contributed by atoms with Crippen LogP contribution in [0.1, 0.15) is 26.5 Å². The van der Waals surface area contributed by atoms with Crippen molar-refractivity contribution in [3.05, 3.63) is 33.1 Å². The first-order chi connectivity index (χ1) is 9.13. The summed E-state index contributed by atoms with van der Waals surface area (Å²) < 4.78 is 5.03. The van der Waals surface area contributed by atoms with E-state index < -0.39 is 0 Å². The van der Waals surface area contributed by atoms with Gasteiger partial charge < -0.3 is 9.63 Å². The molecule has 0 radical (unpaired) electrons. The van der Waals surface area contributed by atoms with Crippen molar-refractivity contribution in [2.75, 3.05) is 11.9 Å². The molecule has 0 saturated carbocycles. The lowest BCUT2D eigenvalue weighted by molar-refractivity contribution is 0.102. The van der Waals surface area contributed by atoms with Crippen molar-refractivity contribution < 1.29 is 14.4 Å². The Kier molecular flexibility index (Phi) is 4.00. The zero-order valence-electron chi connectivity index (χ0n) is 10.5. The molecule has 0 bridgehead atoms.